The third-order valence-electron chi connectivity index (χ3n) is 3.17. The van der Waals surface area contributed by atoms with Crippen LogP contribution in [0.25, 0.3) is 0 Å². The van der Waals surface area contributed by atoms with Crippen LogP contribution in [0.4, 0.5) is 0 Å². The Bertz CT molecular complexity index is 140. The summed E-state index contributed by atoms with van der Waals surface area (Å²) in [4.78, 5) is 0. The first-order chi connectivity index (χ1) is 6.42. The maximum absolute atomic E-state index is 5.04. The molecule has 0 spiro atoms. The maximum Gasteiger partial charge on any atom is 0.0474 e. The van der Waals surface area contributed by atoms with Crippen molar-refractivity contribution in [3.8, 4) is 0 Å². The van der Waals surface area contributed by atoms with Crippen molar-refractivity contribution in [2.45, 2.75) is 38.1 Å². The van der Waals surface area contributed by atoms with Gasteiger partial charge in [-0.25, -0.2) is 0 Å². The van der Waals surface area contributed by atoms with Crippen molar-refractivity contribution in [3.63, 3.8) is 0 Å². The fourth-order valence-electron chi connectivity index (χ4n) is 2.11. The minimum atomic E-state index is 0.858. The lowest BCUT2D eigenvalue weighted by Crippen LogP contribution is -2.34. The van der Waals surface area contributed by atoms with Crippen LogP contribution in [0.2, 0.25) is 0 Å². The minimum Gasteiger partial charge on any atom is -0.385 e. The largest absolute Gasteiger partial charge is 0.385 e. The molecule has 2 nitrogen and oxygen atoms in total. The van der Waals surface area contributed by atoms with Crippen LogP contribution in [-0.2, 0) is 4.74 Å². The molecule has 0 bridgehead atoms. The summed E-state index contributed by atoms with van der Waals surface area (Å²) in [5, 5.41) is 3.70. The van der Waals surface area contributed by atoms with Crippen molar-refractivity contribution in [2.24, 2.45) is 11.8 Å². The Morgan fingerprint density at radius 3 is 2.31 bits per heavy atom. The number of methoxy groups -OCH3 is 1. The van der Waals surface area contributed by atoms with Crippen LogP contribution < -0.4 is 5.32 Å². The van der Waals surface area contributed by atoms with Crippen LogP contribution in [0.5, 0.6) is 0 Å². The van der Waals surface area contributed by atoms with Crippen molar-refractivity contribution in [3.05, 3.63) is 0 Å². The molecule has 0 saturated heterocycles. The Morgan fingerprint density at radius 2 is 1.85 bits per heavy atom. The summed E-state index contributed by atoms with van der Waals surface area (Å²) in [5.41, 5.74) is 0. The Morgan fingerprint density at radius 1 is 1.23 bits per heavy atom. The molecule has 13 heavy (non-hydrogen) atoms. The lowest BCUT2D eigenvalue weighted by Gasteiger charge is -2.17. The van der Waals surface area contributed by atoms with Crippen molar-refractivity contribution < 1.29 is 4.74 Å². The first-order valence-corrected chi connectivity index (χ1v) is 5.64. The third kappa shape index (κ3) is 2.96. The second-order valence-electron chi connectivity index (χ2n) is 4.50. The quantitative estimate of drug-likeness (QED) is 0.608. The van der Waals surface area contributed by atoms with Gasteiger partial charge in [-0.2, -0.15) is 0 Å². The molecule has 2 heteroatoms. The van der Waals surface area contributed by atoms with Gasteiger partial charge in [-0.1, -0.05) is 0 Å². The molecule has 0 amide bonds. The van der Waals surface area contributed by atoms with E-state index in [2.05, 4.69) is 5.32 Å². The number of ether oxygens (including phenoxy) is 1. The predicted molar refractivity (Wildman–Crippen MR) is 53.7 cm³/mol. The fourth-order valence-corrected chi connectivity index (χ4v) is 2.11. The van der Waals surface area contributed by atoms with E-state index in [9.17, 15) is 0 Å². The van der Waals surface area contributed by atoms with Crippen molar-refractivity contribution in [2.75, 3.05) is 20.3 Å². The summed E-state index contributed by atoms with van der Waals surface area (Å²) in [6, 6.07) is 0.858. The Labute approximate surface area is 81.0 Å². The molecule has 2 aliphatic rings. The van der Waals surface area contributed by atoms with Gasteiger partial charge in [-0.3, -0.25) is 0 Å². The van der Waals surface area contributed by atoms with E-state index in [1.165, 1.54) is 25.7 Å². The van der Waals surface area contributed by atoms with E-state index in [4.69, 9.17) is 4.74 Å². The summed E-state index contributed by atoms with van der Waals surface area (Å²) < 4.78 is 5.04. The molecule has 0 aromatic rings. The molecule has 2 fully saturated rings. The monoisotopic (exact) mass is 183 g/mol. The molecule has 2 rings (SSSR count). The molecule has 1 N–H and O–H groups in total. The van der Waals surface area contributed by atoms with E-state index in [0.29, 0.717) is 0 Å². The molecule has 0 aliphatic heterocycles. The second kappa shape index (κ2) is 4.43. The second-order valence-corrected chi connectivity index (χ2v) is 4.50. The lowest BCUT2D eigenvalue weighted by molar-refractivity contribution is 0.192. The van der Waals surface area contributed by atoms with Crippen LogP contribution in [0.1, 0.15) is 32.1 Å². The van der Waals surface area contributed by atoms with Crippen LogP contribution >= 0.6 is 0 Å². The Kier molecular flexibility index (Phi) is 3.23. The van der Waals surface area contributed by atoms with Gasteiger partial charge in [0.15, 0.2) is 0 Å². The molecule has 0 atom stereocenters. The molecular weight excluding hydrogens is 162 g/mol. The lowest BCUT2D eigenvalue weighted by atomic mass is 10.1. The summed E-state index contributed by atoms with van der Waals surface area (Å²) in [6.45, 7) is 2.04. The van der Waals surface area contributed by atoms with E-state index in [1.54, 1.807) is 7.11 Å². The zero-order chi connectivity index (χ0) is 9.10. The van der Waals surface area contributed by atoms with Gasteiger partial charge in [0, 0.05) is 19.8 Å². The Balaban J connectivity index is 1.59. The topological polar surface area (TPSA) is 21.3 Å². The van der Waals surface area contributed by atoms with Gasteiger partial charge in [0.25, 0.3) is 0 Å². The smallest absolute Gasteiger partial charge is 0.0474 e. The summed E-state index contributed by atoms with van der Waals surface area (Å²) >= 11 is 0. The summed E-state index contributed by atoms with van der Waals surface area (Å²) in [5.74, 6) is 2.05. The number of hydrogen-bond acceptors (Lipinski definition) is 2. The van der Waals surface area contributed by atoms with Gasteiger partial charge in [0.2, 0.25) is 0 Å². The highest BCUT2D eigenvalue weighted by Crippen LogP contribution is 2.44. The van der Waals surface area contributed by atoms with E-state index in [1.807, 2.05) is 0 Å². The molecule has 0 aromatic carbocycles. The van der Waals surface area contributed by atoms with Gasteiger partial charge in [-0.15, -0.1) is 0 Å². The third-order valence-corrected chi connectivity index (χ3v) is 3.17. The molecule has 2 saturated carbocycles. The van der Waals surface area contributed by atoms with E-state index in [0.717, 1.165) is 37.5 Å². The maximum atomic E-state index is 5.04. The fraction of sp³-hybridized carbons (Fsp3) is 1.00. The van der Waals surface area contributed by atoms with Gasteiger partial charge in [-0.05, 0) is 50.5 Å². The minimum absolute atomic E-state index is 0.858. The molecular formula is C11H21NO. The molecule has 0 radical (unpaired) electrons. The highest BCUT2D eigenvalue weighted by Gasteiger charge is 2.40. The molecule has 0 aromatic heterocycles. The molecule has 2 aliphatic carbocycles. The SMILES string of the molecule is COCCCNC(C1CC1)C1CC1. The van der Waals surface area contributed by atoms with Crippen LogP contribution in [0, 0.1) is 11.8 Å². The van der Waals surface area contributed by atoms with Gasteiger partial charge < -0.3 is 10.1 Å². The number of hydrogen-bond donors (Lipinski definition) is 1. The average Bonchev–Trinajstić information content (AvgIpc) is 2.99. The van der Waals surface area contributed by atoms with E-state index in [-0.39, 0.29) is 0 Å². The van der Waals surface area contributed by atoms with Crippen molar-refractivity contribution >= 4 is 0 Å². The first kappa shape index (κ1) is 9.47. The Hall–Kier alpha value is -0.0800. The highest BCUT2D eigenvalue weighted by atomic mass is 16.5. The standard InChI is InChI=1S/C11H21NO/c1-13-8-2-7-12-11(9-3-4-9)10-5-6-10/h9-12H,2-8H2,1H3. The molecule has 0 heterocycles. The summed E-state index contributed by atoms with van der Waals surface area (Å²) in [6.07, 6.45) is 7.04. The summed E-state index contributed by atoms with van der Waals surface area (Å²) in [7, 11) is 1.78. The average molecular weight is 183 g/mol. The van der Waals surface area contributed by atoms with Crippen molar-refractivity contribution in [1.82, 2.24) is 5.32 Å². The van der Waals surface area contributed by atoms with E-state index < -0.39 is 0 Å². The molecule has 76 valence electrons. The highest BCUT2D eigenvalue weighted by molar-refractivity contribution is 4.96. The first-order valence-electron chi connectivity index (χ1n) is 5.64. The van der Waals surface area contributed by atoms with Gasteiger partial charge >= 0.3 is 0 Å². The van der Waals surface area contributed by atoms with Crippen LogP contribution in [-0.4, -0.2) is 26.3 Å². The normalized spacial score (nSPS) is 22.6. The van der Waals surface area contributed by atoms with Gasteiger partial charge in [0.1, 0.15) is 0 Å². The zero-order valence-electron chi connectivity index (χ0n) is 8.59. The van der Waals surface area contributed by atoms with E-state index >= 15 is 0 Å². The van der Waals surface area contributed by atoms with Crippen molar-refractivity contribution in [1.29, 1.82) is 0 Å². The number of nitrogens with one attached hydrogen (secondary N) is 1. The predicted octanol–water partition coefficient (Wildman–Crippen LogP) is 1.80. The van der Waals surface area contributed by atoms with Gasteiger partial charge in [0.05, 0.1) is 0 Å². The van der Waals surface area contributed by atoms with Crippen LogP contribution in [0.15, 0.2) is 0 Å². The van der Waals surface area contributed by atoms with Crippen LogP contribution in [0.3, 0.4) is 0 Å². The molecule has 0 unspecified atom stereocenters. The zero-order valence-corrected chi connectivity index (χ0v) is 8.59. The number of rotatable bonds is 7.